The Labute approximate surface area is 280 Å². The van der Waals surface area contributed by atoms with Gasteiger partial charge >= 0.3 is 5.97 Å². The van der Waals surface area contributed by atoms with Gasteiger partial charge in [-0.05, 0) is 48.9 Å². The minimum absolute atomic E-state index is 0.131. The number of para-hydroxylation sites is 1. The number of thiophene rings is 1. The van der Waals surface area contributed by atoms with Crippen LogP contribution >= 0.6 is 22.9 Å². The van der Waals surface area contributed by atoms with Crippen LogP contribution in [0.4, 0.5) is 10.2 Å². The summed E-state index contributed by atoms with van der Waals surface area (Å²) in [4.78, 5) is 27.4. The fourth-order valence-electron chi connectivity index (χ4n) is 5.76. The van der Waals surface area contributed by atoms with E-state index in [-0.39, 0.29) is 6.42 Å². The molecule has 6 rings (SSSR count). The molecule has 0 saturated carbocycles. The molecule has 0 aliphatic carbocycles. The van der Waals surface area contributed by atoms with Crippen LogP contribution in [0.5, 0.6) is 11.5 Å². The van der Waals surface area contributed by atoms with Gasteiger partial charge in [-0.2, -0.15) is 4.39 Å². The molecule has 13 heteroatoms. The fourth-order valence-corrected chi connectivity index (χ4v) is 7.10. The molecule has 246 valence electrons. The Morgan fingerprint density at radius 1 is 1.13 bits per heavy atom. The Balaban J connectivity index is 1.38. The molecule has 2 aromatic carbocycles. The van der Waals surface area contributed by atoms with Gasteiger partial charge in [0.1, 0.15) is 46.9 Å². The predicted molar refractivity (Wildman–Crippen MR) is 181 cm³/mol. The highest BCUT2D eigenvalue weighted by atomic mass is 35.5. The summed E-state index contributed by atoms with van der Waals surface area (Å²) < 4.78 is 31.2. The molecule has 5 aromatic rings. The first-order chi connectivity index (χ1) is 22.7. The number of aliphatic carboxylic acids is 1. The van der Waals surface area contributed by atoms with Crippen molar-refractivity contribution in [3.05, 3.63) is 77.0 Å². The molecule has 10 nitrogen and oxygen atoms in total. The summed E-state index contributed by atoms with van der Waals surface area (Å²) in [5.74, 6) is 0.695. The summed E-state index contributed by atoms with van der Waals surface area (Å²) in [6.45, 7) is 7.21. The number of hydrogen-bond acceptors (Lipinski definition) is 10. The third-order valence-corrected chi connectivity index (χ3v) is 9.97. The van der Waals surface area contributed by atoms with E-state index < -0.39 is 18.0 Å². The van der Waals surface area contributed by atoms with Gasteiger partial charge in [-0.1, -0.05) is 35.9 Å². The van der Waals surface area contributed by atoms with Gasteiger partial charge in [0.25, 0.3) is 6.01 Å². The van der Waals surface area contributed by atoms with E-state index in [2.05, 4.69) is 32.1 Å². The number of halogens is 2. The molecule has 0 amide bonds. The average molecular weight is 680 g/mol. The van der Waals surface area contributed by atoms with E-state index >= 15 is 0 Å². The molecule has 4 heterocycles. The third kappa shape index (κ3) is 7.05. The minimum Gasteiger partial charge on any atom is -0.496 e. The van der Waals surface area contributed by atoms with Crippen LogP contribution in [-0.2, 0) is 11.2 Å². The van der Waals surface area contributed by atoms with Crippen molar-refractivity contribution in [2.45, 2.75) is 19.4 Å². The molecule has 0 bridgehead atoms. The van der Waals surface area contributed by atoms with Crippen molar-refractivity contribution in [2.24, 2.45) is 0 Å². The third-order valence-electron chi connectivity index (χ3n) is 8.39. The number of rotatable bonds is 12. The molecule has 0 radical (unpaired) electrons. The highest BCUT2D eigenvalue weighted by Gasteiger charge is 2.28. The Morgan fingerprint density at radius 3 is 2.64 bits per heavy atom. The lowest BCUT2D eigenvalue weighted by atomic mass is 9.97. The Morgan fingerprint density at radius 2 is 1.91 bits per heavy atom. The fraction of sp³-hybridized carbons (Fsp3) is 0.324. The Bertz CT molecular complexity index is 1890. The zero-order chi connectivity index (χ0) is 33.1. The molecule has 1 saturated heterocycles. The molecule has 3 aromatic heterocycles. The van der Waals surface area contributed by atoms with Crippen LogP contribution < -0.4 is 14.8 Å². The van der Waals surface area contributed by atoms with Crippen molar-refractivity contribution in [2.75, 3.05) is 58.8 Å². The summed E-state index contributed by atoms with van der Waals surface area (Å²) >= 11 is 8.22. The van der Waals surface area contributed by atoms with Crippen LogP contribution in [0.15, 0.2) is 59.3 Å². The zero-order valence-corrected chi connectivity index (χ0v) is 27.8. The molecule has 0 spiro atoms. The number of carboxylic acid groups (broad SMARTS) is 1. The van der Waals surface area contributed by atoms with Crippen molar-refractivity contribution >= 4 is 44.9 Å². The number of carbonyl (C=O) groups is 1. The Hall–Kier alpha value is -4.23. The van der Waals surface area contributed by atoms with E-state index in [1.807, 2.05) is 37.3 Å². The minimum atomic E-state index is -1.06. The zero-order valence-electron chi connectivity index (χ0n) is 26.3. The van der Waals surface area contributed by atoms with Crippen LogP contribution in [0, 0.1) is 12.9 Å². The lowest BCUT2D eigenvalue weighted by molar-refractivity contribution is -0.137. The number of carboxylic acids is 1. The number of nitrogens with one attached hydrogen (secondary N) is 1. The summed E-state index contributed by atoms with van der Waals surface area (Å²) in [5, 5.41) is 14.4. The monoisotopic (exact) mass is 679 g/mol. The maximum absolute atomic E-state index is 14.2. The van der Waals surface area contributed by atoms with E-state index in [1.165, 1.54) is 23.7 Å². The first-order valence-corrected chi connectivity index (χ1v) is 16.4. The number of fused-ring (bicyclic) bond motifs is 1. The van der Waals surface area contributed by atoms with Gasteiger partial charge in [0, 0.05) is 50.8 Å². The van der Waals surface area contributed by atoms with Gasteiger partial charge < -0.3 is 29.2 Å². The SMILES string of the molecule is COc1ccccc1CC(Nc1ncnc2sc(-c3ccc(F)o3)c(-c3ccc(OCCN4CCN(C)CC4)c(Cl)c3C)c12)C(=O)O. The van der Waals surface area contributed by atoms with Crippen LogP contribution in [0.3, 0.4) is 0 Å². The summed E-state index contributed by atoms with van der Waals surface area (Å²) in [7, 11) is 3.67. The number of benzene rings is 2. The topological polar surface area (TPSA) is 113 Å². The number of nitrogens with zero attached hydrogens (tertiary/aromatic N) is 4. The largest absolute Gasteiger partial charge is 0.496 e. The summed E-state index contributed by atoms with van der Waals surface area (Å²) in [6, 6.07) is 12.0. The second kappa shape index (κ2) is 14.3. The van der Waals surface area contributed by atoms with Gasteiger partial charge in [-0.3, -0.25) is 4.90 Å². The molecule has 47 heavy (non-hydrogen) atoms. The molecule has 2 N–H and O–H groups in total. The molecule has 1 aliphatic heterocycles. The van der Waals surface area contributed by atoms with E-state index in [0.29, 0.717) is 55.4 Å². The molecular weight excluding hydrogens is 645 g/mol. The highest BCUT2D eigenvalue weighted by molar-refractivity contribution is 7.22. The van der Waals surface area contributed by atoms with Crippen LogP contribution in [0.2, 0.25) is 5.02 Å². The second-order valence-electron chi connectivity index (χ2n) is 11.4. The number of methoxy groups -OCH3 is 1. The molecule has 1 aliphatic rings. The number of likely N-dealkylation sites (N-methyl/N-ethyl adjacent to an activating group) is 1. The number of ether oxygens (including phenoxy) is 2. The number of anilines is 1. The molecular formula is C34H35ClFN5O5S. The summed E-state index contributed by atoms with van der Waals surface area (Å²) in [6.07, 6.45) is 1.50. The first-order valence-electron chi connectivity index (χ1n) is 15.2. The van der Waals surface area contributed by atoms with Gasteiger partial charge in [-0.25, -0.2) is 14.8 Å². The van der Waals surface area contributed by atoms with Gasteiger partial charge in [-0.15, -0.1) is 11.3 Å². The number of piperazine rings is 1. The van der Waals surface area contributed by atoms with Crippen LogP contribution in [-0.4, -0.2) is 90.4 Å². The number of hydrogen-bond donors (Lipinski definition) is 2. The standard InChI is InChI=1S/C34H35ClFN5O5S/c1-20-22(8-9-25(30(20)35)45-17-16-41-14-12-40(2)13-15-41)28-29-32(37-19-38-33(29)47-31(28)26-10-11-27(36)46-26)39-23(34(42)43)18-21-6-4-5-7-24(21)44-3/h4-11,19,23H,12-18H2,1-3H3,(H,42,43)(H,37,38,39). The average Bonchev–Trinajstić information content (AvgIpc) is 3.68. The Kier molecular flexibility index (Phi) is 9.92. The van der Waals surface area contributed by atoms with Crippen LogP contribution in [0.25, 0.3) is 32.0 Å². The van der Waals surface area contributed by atoms with Crippen molar-refractivity contribution in [3.8, 4) is 33.3 Å². The molecule has 1 atom stereocenters. The van der Waals surface area contributed by atoms with E-state index in [4.69, 9.17) is 25.5 Å². The van der Waals surface area contributed by atoms with Crippen molar-refractivity contribution in [1.29, 1.82) is 0 Å². The van der Waals surface area contributed by atoms with Crippen molar-refractivity contribution < 1.29 is 28.2 Å². The molecule has 1 unspecified atom stereocenters. The van der Waals surface area contributed by atoms with Gasteiger partial charge in [0.2, 0.25) is 0 Å². The van der Waals surface area contributed by atoms with Gasteiger partial charge in [0.05, 0.1) is 22.4 Å². The normalized spacial score (nSPS) is 14.7. The maximum atomic E-state index is 14.2. The second-order valence-corrected chi connectivity index (χ2v) is 12.8. The van der Waals surface area contributed by atoms with Crippen molar-refractivity contribution in [3.63, 3.8) is 0 Å². The highest BCUT2D eigenvalue weighted by Crippen LogP contribution is 2.49. The summed E-state index contributed by atoms with van der Waals surface area (Å²) in [5.41, 5.74) is 2.83. The van der Waals surface area contributed by atoms with E-state index in [9.17, 15) is 14.3 Å². The number of furan rings is 1. The van der Waals surface area contributed by atoms with Gasteiger partial charge in [0.15, 0.2) is 0 Å². The van der Waals surface area contributed by atoms with E-state index in [1.54, 1.807) is 19.2 Å². The lowest BCUT2D eigenvalue weighted by Gasteiger charge is -2.32. The van der Waals surface area contributed by atoms with Crippen LogP contribution in [0.1, 0.15) is 11.1 Å². The predicted octanol–water partition coefficient (Wildman–Crippen LogP) is 6.46. The van der Waals surface area contributed by atoms with Crippen molar-refractivity contribution in [1.82, 2.24) is 19.8 Å². The number of aromatic nitrogens is 2. The lowest BCUT2D eigenvalue weighted by Crippen LogP contribution is -2.45. The quantitative estimate of drug-likeness (QED) is 0.152. The molecule has 1 fully saturated rings. The smallest absolute Gasteiger partial charge is 0.326 e. The first kappa shape index (κ1) is 32.7. The van der Waals surface area contributed by atoms with E-state index in [0.717, 1.165) is 49.4 Å². The maximum Gasteiger partial charge on any atom is 0.326 e.